The molecule has 0 heterocycles. The topological polar surface area (TPSA) is 9.23 Å². The van der Waals surface area contributed by atoms with Gasteiger partial charge in [0.1, 0.15) is 0 Å². The first kappa shape index (κ1) is 12.4. The van der Waals surface area contributed by atoms with Gasteiger partial charge in [-0.15, -0.1) is 0 Å². The van der Waals surface area contributed by atoms with Gasteiger partial charge in [0.2, 0.25) is 0 Å². The minimum Gasteiger partial charge on any atom is -0.379 e. The SMILES string of the molecule is CCCC(CBr)CC(C)(C)OC. The van der Waals surface area contributed by atoms with Crippen molar-refractivity contribution in [3.8, 4) is 0 Å². The smallest absolute Gasteiger partial charge is 0.0625 e. The molecule has 0 rings (SSSR count). The lowest BCUT2D eigenvalue weighted by molar-refractivity contribution is 0.00360. The van der Waals surface area contributed by atoms with Crippen molar-refractivity contribution in [3.05, 3.63) is 0 Å². The molecule has 0 aliphatic rings. The molecular formula is C10H21BrO. The predicted octanol–water partition coefficient (Wildman–Crippen LogP) is 3.61. The van der Waals surface area contributed by atoms with Crippen molar-refractivity contribution in [2.75, 3.05) is 12.4 Å². The highest BCUT2D eigenvalue weighted by atomic mass is 79.9. The van der Waals surface area contributed by atoms with Gasteiger partial charge in [0.05, 0.1) is 5.60 Å². The minimum absolute atomic E-state index is 0.0353. The van der Waals surface area contributed by atoms with E-state index >= 15 is 0 Å². The van der Waals surface area contributed by atoms with Crippen LogP contribution < -0.4 is 0 Å². The summed E-state index contributed by atoms with van der Waals surface area (Å²) in [5, 5.41) is 1.09. The van der Waals surface area contributed by atoms with Crippen LogP contribution in [0.3, 0.4) is 0 Å². The van der Waals surface area contributed by atoms with Crippen molar-refractivity contribution in [1.82, 2.24) is 0 Å². The predicted molar refractivity (Wildman–Crippen MR) is 57.9 cm³/mol. The van der Waals surface area contributed by atoms with Gasteiger partial charge in [-0.1, -0.05) is 29.3 Å². The molecule has 0 bridgehead atoms. The molecule has 0 aliphatic carbocycles. The maximum absolute atomic E-state index is 5.40. The molecule has 0 aromatic carbocycles. The van der Waals surface area contributed by atoms with Crippen molar-refractivity contribution >= 4 is 15.9 Å². The van der Waals surface area contributed by atoms with Gasteiger partial charge in [-0.3, -0.25) is 0 Å². The molecule has 0 N–H and O–H groups in total. The van der Waals surface area contributed by atoms with E-state index in [2.05, 4.69) is 36.7 Å². The summed E-state index contributed by atoms with van der Waals surface area (Å²) in [4.78, 5) is 0. The van der Waals surface area contributed by atoms with Crippen molar-refractivity contribution in [2.45, 2.75) is 45.6 Å². The van der Waals surface area contributed by atoms with Crippen LogP contribution >= 0.6 is 15.9 Å². The van der Waals surface area contributed by atoms with Gasteiger partial charge in [0, 0.05) is 12.4 Å². The van der Waals surface area contributed by atoms with Gasteiger partial charge in [-0.2, -0.15) is 0 Å². The zero-order chi connectivity index (χ0) is 9.61. The molecule has 1 atom stereocenters. The van der Waals surface area contributed by atoms with Crippen LogP contribution in [0.1, 0.15) is 40.0 Å². The molecule has 0 saturated heterocycles. The van der Waals surface area contributed by atoms with E-state index in [4.69, 9.17) is 4.74 Å². The summed E-state index contributed by atoms with van der Waals surface area (Å²) < 4.78 is 5.40. The minimum atomic E-state index is 0.0353. The zero-order valence-electron chi connectivity index (χ0n) is 8.69. The summed E-state index contributed by atoms with van der Waals surface area (Å²) in [7, 11) is 1.79. The Morgan fingerprint density at radius 1 is 1.42 bits per heavy atom. The Bertz CT molecular complexity index is 112. The lowest BCUT2D eigenvalue weighted by Gasteiger charge is -2.27. The van der Waals surface area contributed by atoms with E-state index in [0.29, 0.717) is 0 Å². The Kier molecular flexibility index (Phi) is 6.20. The highest BCUT2D eigenvalue weighted by Crippen LogP contribution is 2.24. The zero-order valence-corrected chi connectivity index (χ0v) is 10.3. The maximum Gasteiger partial charge on any atom is 0.0625 e. The van der Waals surface area contributed by atoms with Crippen LogP contribution in [0.25, 0.3) is 0 Å². The Morgan fingerprint density at radius 3 is 2.33 bits per heavy atom. The van der Waals surface area contributed by atoms with E-state index in [1.807, 2.05) is 0 Å². The van der Waals surface area contributed by atoms with Crippen LogP contribution in [0.4, 0.5) is 0 Å². The fourth-order valence-electron chi connectivity index (χ4n) is 1.42. The van der Waals surface area contributed by atoms with Crippen LogP contribution in [0.5, 0.6) is 0 Å². The number of hydrogen-bond donors (Lipinski definition) is 0. The Labute approximate surface area is 85.0 Å². The third kappa shape index (κ3) is 5.15. The molecule has 0 amide bonds. The quantitative estimate of drug-likeness (QED) is 0.641. The maximum atomic E-state index is 5.40. The number of alkyl halides is 1. The third-order valence-corrected chi connectivity index (χ3v) is 3.16. The third-order valence-electron chi connectivity index (χ3n) is 2.25. The molecule has 0 saturated carbocycles. The monoisotopic (exact) mass is 236 g/mol. The Hall–Kier alpha value is 0.440. The average Bonchev–Trinajstić information content (AvgIpc) is 2.03. The molecule has 0 aliphatic heterocycles. The van der Waals surface area contributed by atoms with Gasteiger partial charge in [0.25, 0.3) is 0 Å². The Balaban J connectivity index is 3.83. The summed E-state index contributed by atoms with van der Waals surface area (Å²) in [5.41, 5.74) is 0.0353. The van der Waals surface area contributed by atoms with Crippen LogP contribution in [-0.4, -0.2) is 18.0 Å². The molecule has 1 nitrogen and oxygen atoms in total. The second-order valence-corrected chi connectivity index (χ2v) is 4.62. The number of methoxy groups -OCH3 is 1. The first-order chi connectivity index (χ1) is 5.55. The molecule has 12 heavy (non-hydrogen) atoms. The van der Waals surface area contributed by atoms with Crippen LogP contribution in [0, 0.1) is 5.92 Å². The van der Waals surface area contributed by atoms with Gasteiger partial charge < -0.3 is 4.74 Å². The van der Waals surface area contributed by atoms with Gasteiger partial charge in [-0.25, -0.2) is 0 Å². The number of ether oxygens (including phenoxy) is 1. The van der Waals surface area contributed by atoms with E-state index < -0.39 is 0 Å². The van der Waals surface area contributed by atoms with Gasteiger partial charge >= 0.3 is 0 Å². The number of halogens is 1. The molecule has 1 unspecified atom stereocenters. The van der Waals surface area contributed by atoms with Gasteiger partial charge in [-0.05, 0) is 32.6 Å². The fourth-order valence-corrected chi connectivity index (χ4v) is 1.97. The lowest BCUT2D eigenvalue weighted by atomic mass is 9.91. The second-order valence-electron chi connectivity index (χ2n) is 3.98. The molecule has 0 aromatic heterocycles. The molecular weight excluding hydrogens is 216 g/mol. The fraction of sp³-hybridized carbons (Fsp3) is 1.00. The molecule has 2 heteroatoms. The largest absolute Gasteiger partial charge is 0.379 e. The van der Waals surface area contributed by atoms with Crippen LogP contribution in [0.2, 0.25) is 0 Å². The van der Waals surface area contributed by atoms with Crippen LogP contribution in [0.15, 0.2) is 0 Å². The van der Waals surface area contributed by atoms with Crippen molar-refractivity contribution in [1.29, 1.82) is 0 Å². The normalized spacial score (nSPS) is 14.8. The average molecular weight is 237 g/mol. The number of hydrogen-bond acceptors (Lipinski definition) is 1. The summed E-state index contributed by atoms with van der Waals surface area (Å²) in [5.74, 6) is 0.755. The highest BCUT2D eigenvalue weighted by molar-refractivity contribution is 9.09. The summed E-state index contributed by atoms with van der Waals surface area (Å²) in [6, 6.07) is 0. The first-order valence-corrected chi connectivity index (χ1v) is 5.79. The standard InChI is InChI=1S/C10H21BrO/c1-5-6-9(8-11)7-10(2,3)12-4/h9H,5-8H2,1-4H3. The molecule has 0 aromatic rings. The van der Waals surface area contributed by atoms with Crippen molar-refractivity contribution < 1.29 is 4.74 Å². The summed E-state index contributed by atoms with van der Waals surface area (Å²) >= 11 is 3.54. The number of rotatable bonds is 6. The summed E-state index contributed by atoms with van der Waals surface area (Å²) in [6.45, 7) is 6.53. The van der Waals surface area contributed by atoms with Crippen molar-refractivity contribution in [2.24, 2.45) is 5.92 Å². The molecule has 0 radical (unpaired) electrons. The lowest BCUT2D eigenvalue weighted by Crippen LogP contribution is -2.26. The first-order valence-electron chi connectivity index (χ1n) is 4.67. The molecule has 74 valence electrons. The molecule has 0 spiro atoms. The van der Waals surface area contributed by atoms with E-state index in [9.17, 15) is 0 Å². The second kappa shape index (κ2) is 5.98. The van der Waals surface area contributed by atoms with Gasteiger partial charge in [0.15, 0.2) is 0 Å². The van der Waals surface area contributed by atoms with Crippen molar-refractivity contribution in [3.63, 3.8) is 0 Å². The van der Waals surface area contributed by atoms with Crippen LogP contribution in [-0.2, 0) is 4.74 Å². The molecule has 0 fully saturated rings. The summed E-state index contributed by atoms with van der Waals surface area (Å²) in [6.07, 6.45) is 3.69. The Morgan fingerprint density at radius 2 is 2.00 bits per heavy atom. The highest BCUT2D eigenvalue weighted by Gasteiger charge is 2.21. The van der Waals surface area contributed by atoms with E-state index in [-0.39, 0.29) is 5.60 Å². The van der Waals surface area contributed by atoms with E-state index in [1.165, 1.54) is 12.8 Å². The van der Waals surface area contributed by atoms with E-state index in [0.717, 1.165) is 17.7 Å². The van der Waals surface area contributed by atoms with E-state index in [1.54, 1.807) is 7.11 Å².